The largest absolute Gasteiger partial charge is 0.394 e. The van der Waals surface area contributed by atoms with E-state index in [9.17, 15) is 12.8 Å². The molecule has 0 radical (unpaired) electrons. The molecule has 1 unspecified atom stereocenters. The predicted octanol–water partition coefficient (Wildman–Crippen LogP) is -0.501. The molecule has 0 saturated heterocycles. The van der Waals surface area contributed by atoms with E-state index in [4.69, 9.17) is 10.2 Å². The van der Waals surface area contributed by atoms with Gasteiger partial charge in [0.25, 0.3) is 0 Å². The third-order valence-electron chi connectivity index (χ3n) is 2.24. The van der Waals surface area contributed by atoms with Crippen molar-refractivity contribution >= 4 is 15.7 Å². The molecule has 0 bridgehead atoms. The van der Waals surface area contributed by atoms with Gasteiger partial charge >= 0.3 is 0 Å². The number of aliphatic hydroxyl groups is 2. The number of hydrogen-bond donors (Lipinski definition) is 4. The standard InChI is InChI=1S/C10H15FN2O4S/c1-12-18(16,17)10-4-7(2-3-9(10)11)13-5-8(15)6-14/h2-4,8,12-15H,5-6H2,1H3. The second-order valence-electron chi connectivity index (χ2n) is 3.57. The molecule has 6 nitrogen and oxygen atoms in total. The zero-order chi connectivity index (χ0) is 13.8. The average Bonchev–Trinajstić information content (AvgIpc) is 2.37. The van der Waals surface area contributed by atoms with Gasteiger partial charge in [0, 0.05) is 12.2 Å². The zero-order valence-electron chi connectivity index (χ0n) is 9.72. The van der Waals surface area contributed by atoms with Crippen molar-refractivity contribution in [3.05, 3.63) is 24.0 Å². The molecule has 0 aliphatic carbocycles. The van der Waals surface area contributed by atoms with Crippen molar-refractivity contribution in [3.8, 4) is 0 Å². The summed E-state index contributed by atoms with van der Waals surface area (Å²) in [6.45, 7) is -0.392. The van der Waals surface area contributed by atoms with E-state index in [1.165, 1.54) is 13.1 Å². The molecule has 102 valence electrons. The van der Waals surface area contributed by atoms with Gasteiger partial charge in [-0.2, -0.15) is 0 Å². The van der Waals surface area contributed by atoms with E-state index in [-0.39, 0.29) is 6.54 Å². The van der Waals surface area contributed by atoms with Crippen LogP contribution in [0.5, 0.6) is 0 Å². The van der Waals surface area contributed by atoms with Crippen LogP contribution in [0.1, 0.15) is 0 Å². The monoisotopic (exact) mass is 278 g/mol. The molecule has 0 aliphatic rings. The van der Waals surface area contributed by atoms with Crippen molar-refractivity contribution in [1.29, 1.82) is 0 Å². The lowest BCUT2D eigenvalue weighted by molar-refractivity contribution is 0.105. The Morgan fingerprint density at radius 1 is 1.44 bits per heavy atom. The van der Waals surface area contributed by atoms with Gasteiger partial charge in [-0.1, -0.05) is 0 Å². The summed E-state index contributed by atoms with van der Waals surface area (Å²) in [7, 11) is -2.69. The fourth-order valence-corrected chi connectivity index (χ4v) is 2.06. The number of anilines is 1. The van der Waals surface area contributed by atoms with Gasteiger partial charge in [0.15, 0.2) is 0 Å². The van der Waals surface area contributed by atoms with Crippen LogP contribution in [0.3, 0.4) is 0 Å². The minimum absolute atomic E-state index is 0.0289. The molecule has 1 aromatic carbocycles. The molecule has 0 aromatic heterocycles. The highest BCUT2D eigenvalue weighted by molar-refractivity contribution is 7.89. The van der Waals surface area contributed by atoms with Gasteiger partial charge < -0.3 is 15.5 Å². The number of hydrogen-bond acceptors (Lipinski definition) is 5. The number of benzene rings is 1. The lowest BCUT2D eigenvalue weighted by atomic mass is 10.3. The molecule has 0 fully saturated rings. The Labute approximate surface area is 105 Å². The molecule has 0 aliphatic heterocycles. The summed E-state index contributed by atoms with van der Waals surface area (Å²) in [4.78, 5) is -0.478. The molecule has 18 heavy (non-hydrogen) atoms. The van der Waals surface area contributed by atoms with E-state index < -0.39 is 33.4 Å². The van der Waals surface area contributed by atoms with Crippen LogP contribution in [0.4, 0.5) is 10.1 Å². The Hall–Kier alpha value is -1.22. The van der Waals surface area contributed by atoms with Crippen LogP contribution in [-0.4, -0.2) is 44.9 Å². The van der Waals surface area contributed by atoms with E-state index in [1.807, 2.05) is 4.72 Å². The van der Waals surface area contributed by atoms with Crippen molar-refractivity contribution in [2.24, 2.45) is 0 Å². The number of halogens is 1. The van der Waals surface area contributed by atoms with E-state index in [0.717, 1.165) is 12.1 Å². The molecule has 0 amide bonds. The van der Waals surface area contributed by atoms with E-state index in [0.29, 0.717) is 5.69 Å². The van der Waals surface area contributed by atoms with Crippen LogP contribution >= 0.6 is 0 Å². The molecule has 1 rings (SSSR count). The van der Waals surface area contributed by atoms with Gasteiger partial charge in [-0.25, -0.2) is 17.5 Å². The predicted molar refractivity (Wildman–Crippen MR) is 64.2 cm³/mol. The van der Waals surface area contributed by atoms with Crippen LogP contribution in [0.25, 0.3) is 0 Å². The third-order valence-corrected chi connectivity index (χ3v) is 3.67. The number of aliphatic hydroxyl groups excluding tert-OH is 2. The van der Waals surface area contributed by atoms with Gasteiger partial charge in [-0.3, -0.25) is 0 Å². The summed E-state index contributed by atoms with van der Waals surface area (Å²) in [5.74, 6) is -0.863. The summed E-state index contributed by atoms with van der Waals surface area (Å²) in [5, 5.41) is 20.4. The van der Waals surface area contributed by atoms with Gasteiger partial charge in [0.05, 0.1) is 12.7 Å². The third kappa shape index (κ3) is 3.64. The number of rotatable bonds is 6. The summed E-state index contributed by atoms with van der Waals surface area (Å²) in [6, 6.07) is 3.47. The molecule has 0 saturated carbocycles. The minimum atomic E-state index is -3.87. The Bertz CT molecular complexity index is 507. The van der Waals surface area contributed by atoms with E-state index in [2.05, 4.69) is 5.32 Å². The van der Waals surface area contributed by atoms with Crippen molar-refractivity contribution in [2.45, 2.75) is 11.0 Å². The van der Waals surface area contributed by atoms with E-state index in [1.54, 1.807) is 0 Å². The quantitative estimate of drug-likeness (QED) is 0.562. The number of sulfonamides is 1. The smallest absolute Gasteiger partial charge is 0.243 e. The van der Waals surface area contributed by atoms with E-state index >= 15 is 0 Å². The normalized spacial score (nSPS) is 13.3. The Morgan fingerprint density at radius 2 is 2.11 bits per heavy atom. The summed E-state index contributed by atoms with van der Waals surface area (Å²) >= 11 is 0. The second-order valence-corrected chi connectivity index (χ2v) is 5.43. The average molecular weight is 278 g/mol. The van der Waals surface area contributed by atoms with Crippen LogP contribution < -0.4 is 10.0 Å². The molecule has 4 N–H and O–H groups in total. The molecular formula is C10H15FN2O4S. The fourth-order valence-electron chi connectivity index (χ4n) is 1.23. The summed E-state index contributed by atoms with van der Waals surface area (Å²) in [5.41, 5.74) is 0.331. The Balaban J connectivity index is 2.95. The van der Waals surface area contributed by atoms with Crippen molar-refractivity contribution < 1.29 is 23.0 Å². The Morgan fingerprint density at radius 3 is 2.67 bits per heavy atom. The number of nitrogens with one attached hydrogen (secondary N) is 2. The van der Waals surface area contributed by atoms with Gasteiger partial charge in [-0.05, 0) is 25.2 Å². The SMILES string of the molecule is CNS(=O)(=O)c1cc(NCC(O)CO)ccc1F. The van der Waals surface area contributed by atoms with Crippen LogP contribution in [0, 0.1) is 5.82 Å². The maximum Gasteiger partial charge on any atom is 0.243 e. The van der Waals surface area contributed by atoms with Gasteiger partial charge in [0.1, 0.15) is 10.7 Å². The first kappa shape index (κ1) is 14.8. The molecule has 1 atom stereocenters. The highest BCUT2D eigenvalue weighted by atomic mass is 32.2. The van der Waals surface area contributed by atoms with Crippen molar-refractivity contribution in [2.75, 3.05) is 25.5 Å². The topological polar surface area (TPSA) is 98.7 Å². The molecule has 1 aromatic rings. The van der Waals surface area contributed by atoms with Crippen molar-refractivity contribution in [3.63, 3.8) is 0 Å². The lowest BCUT2D eigenvalue weighted by Crippen LogP contribution is -2.23. The van der Waals surface area contributed by atoms with Crippen LogP contribution in [-0.2, 0) is 10.0 Å². The maximum atomic E-state index is 13.4. The highest BCUT2D eigenvalue weighted by Crippen LogP contribution is 2.19. The minimum Gasteiger partial charge on any atom is -0.394 e. The molecular weight excluding hydrogens is 263 g/mol. The first-order valence-electron chi connectivity index (χ1n) is 5.16. The fraction of sp³-hybridized carbons (Fsp3) is 0.400. The first-order valence-corrected chi connectivity index (χ1v) is 6.65. The second kappa shape index (κ2) is 6.10. The Kier molecular flexibility index (Phi) is 5.03. The summed E-state index contributed by atoms with van der Waals surface area (Å²) < 4.78 is 38.4. The van der Waals surface area contributed by atoms with Crippen LogP contribution in [0.15, 0.2) is 23.1 Å². The first-order chi connectivity index (χ1) is 8.40. The van der Waals surface area contributed by atoms with Crippen molar-refractivity contribution in [1.82, 2.24) is 4.72 Å². The van der Waals surface area contributed by atoms with Gasteiger partial charge in [-0.15, -0.1) is 0 Å². The summed E-state index contributed by atoms with van der Waals surface area (Å²) in [6.07, 6.45) is -0.973. The lowest BCUT2D eigenvalue weighted by Gasteiger charge is -2.11. The highest BCUT2D eigenvalue weighted by Gasteiger charge is 2.17. The molecule has 0 heterocycles. The molecule has 0 spiro atoms. The van der Waals surface area contributed by atoms with Gasteiger partial charge in [0.2, 0.25) is 10.0 Å². The maximum absolute atomic E-state index is 13.4. The molecule has 8 heteroatoms. The zero-order valence-corrected chi connectivity index (χ0v) is 10.5. The van der Waals surface area contributed by atoms with Crippen LogP contribution in [0.2, 0.25) is 0 Å².